The van der Waals surface area contributed by atoms with E-state index in [-0.39, 0.29) is 12.5 Å². The summed E-state index contributed by atoms with van der Waals surface area (Å²) in [6.45, 7) is 1.21. The summed E-state index contributed by atoms with van der Waals surface area (Å²) < 4.78 is 16.4. The summed E-state index contributed by atoms with van der Waals surface area (Å²) in [6.07, 6.45) is 5.64. The number of aryl methyl sites for hydroxylation is 2. The molecule has 29 heavy (non-hydrogen) atoms. The molecule has 0 atom stereocenters. The van der Waals surface area contributed by atoms with Crippen LogP contribution in [0.5, 0.6) is 11.5 Å². The van der Waals surface area contributed by atoms with E-state index >= 15 is 0 Å². The minimum atomic E-state index is -0.413. The van der Waals surface area contributed by atoms with Crippen molar-refractivity contribution in [2.24, 2.45) is 0 Å². The average molecular weight is 416 g/mol. The van der Waals surface area contributed by atoms with Crippen molar-refractivity contribution in [2.75, 3.05) is 26.9 Å². The van der Waals surface area contributed by atoms with Gasteiger partial charge in [-0.05, 0) is 55.0 Å². The van der Waals surface area contributed by atoms with Gasteiger partial charge in [-0.1, -0.05) is 12.5 Å². The molecule has 7 heteroatoms. The summed E-state index contributed by atoms with van der Waals surface area (Å²) >= 11 is 1.51. The second-order valence-corrected chi connectivity index (χ2v) is 8.56. The summed E-state index contributed by atoms with van der Waals surface area (Å²) in [5, 5.41) is 0. The van der Waals surface area contributed by atoms with Crippen LogP contribution in [0, 0.1) is 0 Å². The molecule has 2 aromatic rings. The summed E-state index contributed by atoms with van der Waals surface area (Å²) in [5.74, 6) is 0.756. The summed E-state index contributed by atoms with van der Waals surface area (Å²) in [7, 11) is 1.69. The van der Waals surface area contributed by atoms with Crippen LogP contribution in [0.4, 0.5) is 0 Å². The highest BCUT2D eigenvalue weighted by Crippen LogP contribution is 2.31. The molecule has 154 valence electrons. The Hall–Kier alpha value is -2.54. The number of fused-ring (bicyclic) bond motifs is 2. The Balaban J connectivity index is 1.30. The lowest BCUT2D eigenvalue weighted by molar-refractivity contribution is -0.133. The molecular weight excluding hydrogens is 390 g/mol. The van der Waals surface area contributed by atoms with E-state index in [0.717, 1.165) is 24.2 Å². The normalized spacial score (nSPS) is 15.2. The minimum Gasteiger partial charge on any atom is -0.486 e. The topological polar surface area (TPSA) is 65.1 Å². The van der Waals surface area contributed by atoms with Crippen LogP contribution in [0.3, 0.4) is 0 Å². The average Bonchev–Trinajstić information content (AvgIpc) is 3.02. The molecule has 0 radical (unpaired) electrons. The molecule has 0 saturated carbocycles. The first-order valence-electron chi connectivity index (χ1n) is 10.0. The number of thiophene rings is 1. The van der Waals surface area contributed by atoms with E-state index in [0.29, 0.717) is 30.4 Å². The van der Waals surface area contributed by atoms with Crippen LogP contribution < -0.4 is 9.47 Å². The lowest BCUT2D eigenvalue weighted by atomic mass is 10.1. The molecule has 0 bridgehead atoms. The molecule has 1 aromatic heterocycles. The Kier molecular flexibility index (Phi) is 6.04. The highest BCUT2D eigenvalue weighted by atomic mass is 32.1. The number of benzene rings is 1. The zero-order valence-corrected chi connectivity index (χ0v) is 17.4. The van der Waals surface area contributed by atoms with E-state index < -0.39 is 5.97 Å². The molecule has 4 rings (SSSR count). The fourth-order valence-corrected chi connectivity index (χ4v) is 4.77. The van der Waals surface area contributed by atoms with Crippen molar-refractivity contribution in [1.29, 1.82) is 0 Å². The van der Waals surface area contributed by atoms with Crippen LogP contribution in [-0.4, -0.2) is 43.6 Å². The number of carbonyl (C=O) groups excluding carboxylic acids is 2. The van der Waals surface area contributed by atoms with E-state index in [2.05, 4.69) is 0 Å². The fourth-order valence-electron chi connectivity index (χ4n) is 3.62. The van der Waals surface area contributed by atoms with Gasteiger partial charge in [-0.25, -0.2) is 4.79 Å². The predicted molar refractivity (Wildman–Crippen MR) is 110 cm³/mol. The maximum atomic E-state index is 12.4. The molecule has 0 unspecified atom stereocenters. The summed E-state index contributed by atoms with van der Waals surface area (Å²) in [6, 6.07) is 7.57. The van der Waals surface area contributed by atoms with Crippen LogP contribution in [-0.2, 0) is 28.9 Å². The van der Waals surface area contributed by atoms with E-state index in [4.69, 9.17) is 14.2 Å². The van der Waals surface area contributed by atoms with Crippen molar-refractivity contribution in [1.82, 2.24) is 4.90 Å². The molecule has 6 nitrogen and oxygen atoms in total. The maximum Gasteiger partial charge on any atom is 0.348 e. The first kappa shape index (κ1) is 19.8. The van der Waals surface area contributed by atoms with Gasteiger partial charge in [-0.2, -0.15) is 0 Å². The molecule has 2 aliphatic rings. The van der Waals surface area contributed by atoms with Crippen LogP contribution >= 0.6 is 11.3 Å². The number of rotatable bonds is 5. The first-order chi connectivity index (χ1) is 14.1. The van der Waals surface area contributed by atoms with Crippen molar-refractivity contribution in [2.45, 2.75) is 38.6 Å². The number of likely N-dealkylation sites (N-methyl/N-ethyl adjacent to an activating group) is 1. The highest BCUT2D eigenvalue weighted by molar-refractivity contribution is 7.14. The second kappa shape index (κ2) is 8.86. The van der Waals surface area contributed by atoms with Gasteiger partial charge in [-0.15, -0.1) is 11.3 Å². The van der Waals surface area contributed by atoms with Crippen molar-refractivity contribution in [3.05, 3.63) is 45.1 Å². The predicted octanol–water partition coefficient (Wildman–Crippen LogP) is 3.60. The monoisotopic (exact) mass is 415 g/mol. The molecule has 0 spiro atoms. The van der Waals surface area contributed by atoms with Gasteiger partial charge in [0.2, 0.25) is 0 Å². The van der Waals surface area contributed by atoms with Crippen molar-refractivity contribution >= 4 is 23.2 Å². The standard InChI is InChI=1S/C22H25NO5S/c1-23(13-15-7-8-17-18(11-15)27-10-9-26-17)21(24)14-28-22(25)20-12-16-5-3-2-4-6-19(16)29-20/h7-8,11-12H,2-6,9-10,13-14H2,1H3. The maximum absolute atomic E-state index is 12.4. The molecular formula is C22H25NO5S. The van der Waals surface area contributed by atoms with Crippen LogP contribution in [0.15, 0.2) is 24.3 Å². The number of amides is 1. The second-order valence-electron chi connectivity index (χ2n) is 7.42. The van der Waals surface area contributed by atoms with Gasteiger partial charge in [0, 0.05) is 18.5 Å². The van der Waals surface area contributed by atoms with Crippen molar-refractivity contribution < 1.29 is 23.8 Å². The Morgan fingerprint density at radius 1 is 1.07 bits per heavy atom. The van der Waals surface area contributed by atoms with Crippen LogP contribution in [0.2, 0.25) is 0 Å². The zero-order valence-electron chi connectivity index (χ0n) is 16.6. The number of ether oxygens (including phenoxy) is 3. The van der Waals surface area contributed by atoms with Gasteiger partial charge in [-0.3, -0.25) is 4.79 Å². The molecule has 0 N–H and O–H groups in total. The Bertz CT molecular complexity index is 883. The minimum absolute atomic E-state index is 0.244. The molecule has 1 amide bonds. The third kappa shape index (κ3) is 4.72. The van der Waals surface area contributed by atoms with Crippen molar-refractivity contribution in [3.63, 3.8) is 0 Å². The van der Waals surface area contributed by atoms with Gasteiger partial charge in [0.05, 0.1) is 0 Å². The Labute approximate surface area is 174 Å². The first-order valence-corrected chi connectivity index (χ1v) is 10.8. The molecule has 1 aliphatic carbocycles. The van der Waals surface area contributed by atoms with Gasteiger partial charge in [0.25, 0.3) is 5.91 Å². The Morgan fingerprint density at radius 2 is 1.86 bits per heavy atom. The van der Waals surface area contributed by atoms with Gasteiger partial charge < -0.3 is 19.1 Å². The largest absolute Gasteiger partial charge is 0.486 e. The highest BCUT2D eigenvalue weighted by Gasteiger charge is 2.20. The van der Waals surface area contributed by atoms with E-state index in [1.807, 2.05) is 24.3 Å². The van der Waals surface area contributed by atoms with E-state index in [1.54, 1.807) is 11.9 Å². The molecule has 1 aromatic carbocycles. The van der Waals surface area contributed by atoms with Crippen molar-refractivity contribution in [3.8, 4) is 11.5 Å². The smallest absolute Gasteiger partial charge is 0.348 e. The van der Waals surface area contributed by atoms with E-state index in [1.165, 1.54) is 41.0 Å². The van der Waals surface area contributed by atoms with Crippen LogP contribution in [0.25, 0.3) is 0 Å². The molecule has 0 saturated heterocycles. The number of nitrogens with zero attached hydrogens (tertiary/aromatic N) is 1. The molecule has 0 fully saturated rings. The molecule has 1 aliphatic heterocycles. The third-order valence-corrected chi connectivity index (χ3v) is 6.44. The number of hydrogen-bond acceptors (Lipinski definition) is 6. The number of carbonyl (C=O) groups is 2. The zero-order chi connectivity index (χ0) is 20.2. The van der Waals surface area contributed by atoms with Gasteiger partial charge in [0.15, 0.2) is 18.1 Å². The lowest BCUT2D eigenvalue weighted by Crippen LogP contribution is -2.30. The lowest BCUT2D eigenvalue weighted by Gasteiger charge is -2.21. The summed E-state index contributed by atoms with van der Waals surface area (Å²) in [4.78, 5) is 28.2. The van der Waals surface area contributed by atoms with Crippen LogP contribution in [0.1, 0.15) is 44.9 Å². The molecule has 2 heterocycles. The third-order valence-electron chi connectivity index (χ3n) is 5.23. The quantitative estimate of drug-likeness (QED) is 0.551. The summed E-state index contributed by atoms with van der Waals surface area (Å²) in [5.41, 5.74) is 2.19. The van der Waals surface area contributed by atoms with E-state index in [9.17, 15) is 9.59 Å². The fraction of sp³-hybridized carbons (Fsp3) is 0.455. The number of esters is 1. The number of hydrogen-bond donors (Lipinski definition) is 0. The van der Waals surface area contributed by atoms with Gasteiger partial charge >= 0.3 is 5.97 Å². The Morgan fingerprint density at radius 3 is 2.72 bits per heavy atom. The van der Waals surface area contributed by atoms with Gasteiger partial charge in [0.1, 0.15) is 18.1 Å². The SMILES string of the molecule is CN(Cc1ccc2c(c1)OCCO2)C(=O)COC(=O)c1cc2c(s1)CCCCC2.